The monoisotopic (exact) mass is 244 g/mol. The van der Waals surface area contributed by atoms with Gasteiger partial charge >= 0.3 is 0 Å². The van der Waals surface area contributed by atoms with Gasteiger partial charge in [0, 0.05) is 0 Å². The van der Waals surface area contributed by atoms with Gasteiger partial charge in [-0.05, 0) is 18.4 Å². The second kappa shape index (κ2) is 11.1. The molecule has 0 aliphatic carbocycles. The maximum absolute atomic E-state index is 2.31. The van der Waals surface area contributed by atoms with E-state index < -0.39 is 0 Å². The molecular formula is C18H28. The van der Waals surface area contributed by atoms with Gasteiger partial charge in [-0.3, -0.25) is 0 Å². The molecule has 0 bridgehead atoms. The van der Waals surface area contributed by atoms with Crippen LogP contribution in [0.5, 0.6) is 0 Å². The molecule has 0 aromatic heterocycles. The zero-order valence-corrected chi connectivity index (χ0v) is 11.9. The third-order valence-electron chi connectivity index (χ3n) is 3.33. The predicted molar refractivity (Wildman–Crippen MR) is 82.7 cm³/mol. The van der Waals surface area contributed by atoms with Crippen LogP contribution in [0.4, 0.5) is 0 Å². The SMILES string of the molecule is CCCCCCCCCC/C=C\c1ccccc1. The third-order valence-corrected chi connectivity index (χ3v) is 3.33. The lowest BCUT2D eigenvalue weighted by Crippen LogP contribution is -1.80. The molecule has 100 valence electrons. The lowest BCUT2D eigenvalue weighted by Gasteiger charge is -1.99. The van der Waals surface area contributed by atoms with Crippen molar-refractivity contribution in [3.05, 3.63) is 42.0 Å². The molecule has 0 spiro atoms. The summed E-state index contributed by atoms with van der Waals surface area (Å²) in [5.74, 6) is 0. The molecule has 0 unspecified atom stereocenters. The summed E-state index contributed by atoms with van der Waals surface area (Å²) in [5, 5.41) is 0. The molecule has 0 N–H and O–H groups in total. The Hall–Kier alpha value is -1.04. The molecule has 1 rings (SSSR count). The Morgan fingerprint density at radius 2 is 1.39 bits per heavy atom. The van der Waals surface area contributed by atoms with Crippen LogP contribution in [0.2, 0.25) is 0 Å². The molecule has 0 saturated carbocycles. The standard InChI is InChI=1S/C18H28/c1-2-3-4-5-6-7-8-9-10-12-15-18-16-13-11-14-17-18/h11-17H,2-10H2,1H3/b15-12-. The molecule has 0 saturated heterocycles. The highest BCUT2D eigenvalue weighted by Crippen LogP contribution is 2.10. The number of benzene rings is 1. The third kappa shape index (κ3) is 8.11. The van der Waals surface area contributed by atoms with Gasteiger partial charge in [0.2, 0.25) is 0 Å². The van der Waals surface area contributed by atoms with Crippen molar-refractivity contribution in [2.75, 3.05) is 0 Å². The van der Waals surface area contributed by atoms with Crippen LogP contribution in [0.3, 0.4) is 0 Å². The van der Waals surface area contributed by atoms with Gasteiger partial charge in [-0.1, -0.05) is 94.4 Å². The Labute approximate surface area is 113 Å². The van der Waals surface area contributed by atoms with E-state index in [1.165, 1.54) is 63.4 Å². The second-order valence-corrected chi connectivity index (χ2v) is 5.08. The number of hydrogen-bond donors (Lipinski definition) is 0. The minimum Gasteiger partial charge on any atom is -0.0839 e. The van der Waals surface area contributed by atoms with Crippen molar-refractivity contribution in [2.45, 2.75) is 64.7 Å². The zero-order valence-electron chi connectivity index (χ0n) is 11.9. The molecule has 1 aromatic carbocycles. The average Bonchev–Trinajstić information content (AvgIpc) is 2.42. The highest BCUT2D eigenvalue weighted by Gasteiger charge is 1.90. The summed E-state index contributed by atoms with van der Waals surface area (Å²) in [7, 11) is 0. The Kier molecular flexibility index (Phi) is 9.24. The predicted octanol–water partition coefficient (Wildman–Crippen LogP) is 6.23. The van der Waals surface area contributed by atoms with Crippen LogP contribution < -0.4 is 0 Å². The van der Waals surface area contributed by atoms with Gasteiger partial charge in [-0.2, -0.15) is 0 Å². The Balaban J connectivity index is 1.91. The van der Waals surface area contributed by atoms with E-state index in [0.29, 0.717) is 0 Å². The number of rotatable bonds is 10. The summed E-state index contributed by atoms with van der Waals surface area (Å²) >= 11 is 0. The van der Waals surface area contributed by atoms with E-state index in [1.54, 1.807) is 0 Å². The second-order valence-electron chi connectivity index (χ2n) is 5.08. The van der Waals surface area contributed by atoms with E-state index in [1.807, 2.05) is 0 Å². The number of hydrogen-bond acceptors (Lipinski definition) is 0. The zero-order chi connectivity index (χ0) is 12.9. The van der Waals surface area contributed by atoms with Crippen molar-refractivity contribution in [3.63, 3.8) is 0 Å². The van der Waals surface area contributed by atoms with Gasteiger partial charge in [0.15, 0.2) is 0 Å². The minimum atomic E-state index is 1.23. The maximum Gasteiger partial charge on any atom is -0.0260 e. The van der Waals surface area contributed by atoms with Gasteiger partial charge in [-0.25, -0.2) is 0 Å². The molecule has 0 aliphatic heterocycles. The van der Waals surface area contributed by atoms with E-state index in [9.17, 15) is 0 Å². The lowest BCUT2D eigenvalue weighted by atomic mass is 10.1. The smallest absolute Gasteiger partial charge is 0.0260 e. The van der Waals surface area contributed by atoms with Crippen LogP contribution in [0.25, 0.3) is 6.08 Å². The first-order chi connectivity index (χ1) is 8.93. The molecule has 0 heteroatoms. The fraction of sp³-hybridized carbons (Fsp3) is 0.556. The fourth-order valence-electron chi connectivity index (χ4n) is 2.18. The topological polar surface area (TPSA) is 0 Å². The molecule has 0 amide bonds. The first-order valence-corrected chi connectivity index (χ1v) is 7.65. The van der Waals surface area contributed by atoms with Gasteiger partial charge in [-0.15, -0.1) is 0 Å². The quantitative estimate of drug-likeness (QED) is 0.428. The summed E-state index contributed by atoms with van der Waals surface area (Å²) in [6.07, 6.45) is 17.0. The van der Waals surface area contributed by atoms with E-state index in [4.69, 9.17) is 0 Å². The van der Waals surface area contributed by atoms with Gasteiger partial charge < -0.3 is 0 Å². The minimum absolute atomic E-state index is 1.23. The molecule has 0 heterocycles. The molecule has 0 fully saturated rings. The van der Waals surface area contributed by atoms with Crippen molar-refractivity contribution in [1.29, 1.82) is 0 Å². The van der Waals surface area contributed by atoms with E-state index in [2.05, 4.69) is 49.4 Å². The summed E-state index contributed by atoms with van der Waals surface area (Å²) in [6.45, 7) is 2.28. The Morgan fingerprint density at radius 3 is 2.06 bits per heavy atom. The van der Waals surface area contributed by atoms with Crippen LogP contribution in [0.1, 0.15) is 70.3 Å². The fourth-order valence-corrected chi connectivity index (χ4v) is 2.18. The van der Waals surface area contributed by atoms with Crippen molar-refractivity contribution in [3.8, 4) is 0 Å². The maximum atomic E-state index is 2.31. The highest BCUT2D eigenvalue weighted by molar-refractivity contribution is 5.48. The van der Waals surface area contributed by atoms with E-state index >= 15 is 0 Å². The van der Waals surface area contributed by atoms with Crippen LogP contribution >= 0.6 is 0 Å². The molecule has 18 heavy (non-hydrogen) atoms. The molecular weight excluding hydrogens is 216 g/mol. The molecule has 0 aliphatic rings. The van der Waals surface area contributed by atoms with Crippen molar-refractivity contribution < 1.29 is 0 Å². The Bertz CT molecular complexity index is 297. The normalized spacial score (nSPS) is 11.2. The number of allylic oxidation sites excluding steroid dienone is 1. The molecule has 0 nitrogen and oxygen atoms in total. The molecule has 1 aromatic rings. The first kappa shape index (κ1) is 15.0. The van der Waals surface area contributed by atoms with E-state index in [0.717, 1.165) is 0 Å². The van der Waals surface area contributed by atoms with Crippen LogP contribution in [-0.2, 0) is 0 Å². The van der Waals surface area contributed by atoms with Crippen LogP contribution in [0.15, 0.2) is 36.4 Å². The average molecular weight is 244 g/mol. The summed E-state index contributed by atoms with van der Waals surface area (Å²) in [4.78, 5) is 0. The lowest BCUT2D eigenvalue weighted by molar-refractivity contribution is 0.578. The van der Waals surface area contributed by atoms with Crippen LogP contribution in [0, 0.1) is 0 Å². The van der Waals surface area contributed by atoms with Gasteiger partial charge in [0.05, 0.1) is 0 Å². The van der Waals surface area contributed by atoms with Crippen molar-refractivity contribution in [2.24, 2.45) is 0 Å². The van der Waals surface area contributed by atoms with Crippen LogP contribution in [-0.4, -0.2) is 0 Å². The largest absolute Gasteiger partial charge is 0.0839 e. The summed E-state index contributed by atoms with van der Waals surface area (Å²) in [5.41, 5.74) is 1.32. The first-order valence-electron chi connectivity index (χ1n) is 7.65. The van der Waals surface area contributed by atoms with Gasteiger partial charge in [0.25, 0.3) is 0 Å². The van der Waals surface area contributed by atoms with Crippen molar-refractivity contribution in [1.82, 2.24) is 0 Å². The number of unbranched alkanes of at least 4 members (excludes halogenated alkanes) is 8. The van der Waals surface area contributed by atoms with Crippen molar-refractivity contribution >= 4 is 6.08 Å². The molecule has 0 atom stereocenters. The molecule has 0 radical (unpaired) electrons. The highest BCUT2D eigenvalue weighted by atomic mass is 14.0. The summed E-state index contributed by atoms with van der Waals surface area (Å²) < 4.78 is 0. The van der Waals surface area contributed by atoms with E-state index in [-0.39, 0.29) is 0 Å². The summed E-state index contributed by atoms with van der Waals surface area (Å²) in [6, 6.07) is 10.6. The van der Waals surface area contributed by atoms with Gasteiger partial charge in [0.1, 0.15) is 0 Å². The Morgan fingerprint density at radius 1 is 0.778 bits per heavy atom.